The van der Waals surface area contributed by atoms with Crippen molar-refractivity contribution in [3.8, 4) is 5.75 Å². The summed E-state index contributed by atoms with van der Waals surface area (Å²) in [5, 5.41) is 0. The lowest BCUT2D eigenvalue weighted by molar-refractivity contribution is -0.300. The minimum absolute atomic E-state index is 0.101. The zero-order valence-electron chi connectivity index (χ0n) is 22.9. The second-order valence-corrected chi connectivity index (χ2v) is 8.80. The van der Waals surface area contributed by atoms with Crippen LogP contribution in [0.1, 0.15) is 61.0 Å². The van der Waals surface area contributed by atoms with E-state index in [1.54, 1.807) is 43.5 Å². The third-order valence-corrected chi connectivity index (χ3v) is 5.84. The molecule has 39 heavy (non-hydrogen) atoms. The van der Waals surface area contributed by atoms with Crippen molar-refractivity contribution in [1.29, 1.82) is 0 Å². The van der Waals surface area contributed by atoms with Gasteiger partial charge in [0.05, 0.1) is 13.0 Å². The van der Waals surface area contributed by atoms with Crippen LogP contribution in [0.15, 0.2) is 60.7 Å². The molecule has 8 nitrogen and oxygen atoms in total. The van der Waals surface area contributed by atoms with E-state index < -0.39 is 12.1 Å². The summed E-state index contributed by atoms with van der Waals surface area (Å²) < 4.78 is 16.1. The lowest BCUT2D eigenvalue weighted by Gasteiger charge is -2.20. The normalized spacial score (nSPS) is 12.8. The van der Waals surface area contributed by atoms with Crippen LogP contribution in [0.3, 0.4) is 0 Å². The first-order valence-electron chi connectivity index (χ1n) is 13.1. The molecule has 0 aliphatic carbocycles. The average molecular weight is 539 g/mol. The summed E-state index contributed by atoms with van der Waals surface area (Å²) in [4.78, 5) is 46.2. The Bertz CT molecular complexity index is 1060. The topological polar surface area (TPSA) is 97.4 Å². The predicted molar refractivity (Wildman–Crippen MR) is 149 cm³/mol. The fourth-order valence-corrected chi connectivity index (χ4v) is 3.50. The van der Waals surface area contributed by atoms with E-state index in [0.717, 1.165) is 42.4 Å². The first-order chi connectivity index (χ1) is 19.0. The molecule has 2 aromatic rings. The molecule has 0 N–H and O–H groups in total. The second kappa shape index (κ2) is 18.5. The molecule has 2 unspecified atom stereocenters. The third kappa shape index (κ3) is 12.6. The van der Waals surface area contributed by atoms with Crippen molar-refractivity contribution < 1.29 is 38.4 Å². The van der Waals surface area contributed by atoms with E-state index in [4.69, 9.17) is 24.0 Å². The molecule has 210 valence electrons. The fraction of sp³-hybridized carbons (Fsp3) is 0.387. The third-order valence-electron chi connectivity index (χ3n) is 5.84. The Hall–Kier alpha value is -3.75. The number of aldehydes is 1. The van der Waals surface area contributed by atoms with Gasteiger partial charge in [0.2, 0.25) is 0 Å². The molecule has 0 radical (unpaired) electrons. The van der Waals surface area contributed by atoms with Gasteiger partial charge in [-0.1, -0.05) is 75.2 Å². The summed E-state index contributed by atoms with van der Waals surface area (Å²) in [5.41, 5.74) is 2.26. The molecule has 0 saturated carbocycles. The molecular weight excluding hydrogens is 500 g/mol. The molecule has 2 atom stereocenters. The van der Waals surface area contributed by atoms with Gasteiger partial charge in [0.15, 0.2) is 6.10 Å². The molecule has 0 bridgehead atoms. The highest BCUT2D eigenvalue weighted by Gasteiger charge is 2.23. The SMILES string of the molecule is CCCCC(CC)C(=O)OC(COOC/C=C/c1ccc(OC)cc1)COC(=O)/C=C/c1ccc(C=O)cc1. The van der Waals surface area contributed by atoms with Crippen molar-refractivity contribution in [3.63, 3.8) is 0 Å². The summed E-state index contributed by atoms with van der Waals surface area (Å²) in [6, 6.07) is 14.3. The zero-order valence-corrected chi connectivity index (χ0v) is 22.9. The molecule has 0 saturated heterocycles. The second-order valence-electron chi connectivity index (χ2n) is 8.80. The first-order valence-corrected chi connectivity index (χ1v) is 13.1. The van der Waals surface area contributed by atoms with E-state index in [2.05, 4.69) is 6.92 Å². The van der Waals surface area contributed by atoms with E-state index in [1.807, 2.05) is 37.3 Å². The molecule has 0 aromatic heterocycles. The largest absolute Gasteiger partial charge is 0.497 e. The number of esters is 2. The molecule has 2 rings (SSSR count). The Morgan fingerprint density at radius 2 is 1.54 bits per heavy atom. The number of rotatable bonds is 18. The minimum atomic E-state index is -0.831. The fourth-order valence-electron chi connectivity index (χ4n) is 3.50. The number of hydrogen-bond acceptors (Lipinski definition) is 8. The highest BCUT2D eigenvalue weighted by molar-refractivity contribution is 5.87. The van der Waals surface area contributed by atoms with E-state index >= 15 is 0 Å². The lowest BCUT2D eigenvalue weighted by Crippen LogP contribution is -2.32. The van der Waals surface area contributed by atoms with Gasteiger partial charge < -0.3 is 14.2 Å². The maximum Gasteiger partial charge on any atom is 0.330 e. The Morgan fingerprint density at radius 3 is 2.18 bits per heavy atom. The first kappa shape index (κ1) is 31.5. The number of unbranched alkanes of at least 4 members (excludes halogenated alkanes) is 1. The number of carbonyl (C=O) groups is 3. The number of methoxy groups -OCH3 is 1. The molecule has 8 heteroatoms. The van der Waals surface area contributed by atoms with Crippen LogP contribution >= 0.6 is 0 Å². The molecule has 0 fully saturated rings. The van der Waals surface area contributed by atoms with Crippen LogP contribution in [0.2, 0.25) is 0 Å². The number of carbonyl (C=O) groups excluding carboxylic acids is 3. The smallest absolute Gasteiger partial charge is 0.330 e. The zero-order chi connectivity index (χ0) is 28.3. The van der Waals surface area contributed by atoms with Crippen LogP contribution in [0.25, 0.3) is 12.2 Å². The number of benzene rings is 2. The van der Waals surface area contributed by atoms with E-state index in [0.29, 0.717) is 12.0 Å². The minimum Gasteiger partial charge on any atom is -0.497 e. The van der Waals surface area contributed by atoms with Gasteiger partial charge in [-0.15, -0.1) is 0 Å². The van der Waals surface area contributed by atoms with Crippen molar-refractivity contribution in [2.75, 3.05) is 26.9 Å². The van der Waals surface area contributed by atoms with E-state index in [-0.39, 0.29) is 31.7 Å². The molecule has 0 heterocycles. The van der Waals surface area contributed by atoms with Gasteiger partial charge in [0.1, 0.15) is 31.9 Å². The number of hydrogen-bond donors (Lipinski definition) is 0. The van der Waals surface area contributed by atoms with Crippen LogP contribution in [0, 0.1) is 5.92 Å². The number of ether oxygens (including phenoxy) is 3. The quantitative estimate of drug-likeness (QED) is 0.0582. The molecule has 0 amide bonds. The highest BCUT2D eigenvalue weighted by atomic mass is 17.2. The maximum absolute atomic E-state index is 12.7. The summed E-state index contributed by atoms with van der Waals surface area (Å²) in [5.74, 6) is -0.403. The Kier molecular flexibility index (Phi) is 14.9. The van der Waals surface area contributed by atoms with Gasteiger partial charge in [-0.3, -0.25) is 9.59 Å². The van der Waals surface area contributed by atoms with Crippen LogP contribution in [0.4, 0.5) is 0 Å². The monoisotopic (exact) mass is 538 g/mol. The van der Waals surface area contributed by atoms with Crippen LogP contribution in [-0.4, -0.2) is 51.3 Å². The van der Waals surface area contributed by atoms with Gasteiger partial charge in [-0.25, -0.2) is 14.6 Å². The van der Waals surface area contributed by atoms with E-state index in [9.17, 15) is 14.4 Å². The molecule has 0 aliphatic rings. The van der Waals surface area contributed by atoms with Crippen molar-refractivity contribution in [2.45, 2.75) is 45.6 Å². The van der Waals surface area contributed by atoms with Crippen LogP contribution in [-0.2, 0) is 28.8 Å². The summed E-state index contributed by atoms with van der Waals surface area (Å²) >= 11 is 0. The van der Waals surface area contributed by atoms with Gasteiger partial charge in [0.25, 0.3) is 0 Å². The van der Waals surface area contributed by atoms with Crippen LogP contribution < -0.4 is 4.74 Å². The Morgan fingerprint density at radius 1 is 0.872 bits per heavy atom. The van der Waals surface area contributed by atoms with Gasteiger partial charge in [-0.2, -0.15) is 0 Å². The van der Waals surface area contributed by atoms with E-state index in [1.165, 1.54) is 6.08 Å². The Labute approximate surface area is 230 Å². The van der Waals surface area contributed by atoms with Crippen molar-refractivity contribution in [1.82, 2.24) is 0 Å². The maximum atomic E-state index is 12.7. The van der Waals surface area contributed by atoms with Crippen molar-refractivity contribution in [2.24, 2.45) is 5.92 Å². The predicted octanol–water partition coefficient (Wildman–Crippen LogP) is 5.85. The summed E-state index contributed by atoms with van der Waals surface area (Å²) in [6.45, 7) is 3.90. The van der Waals surface area contributed by atoms with Gasteiger partial charge >= 0.3 is 11.9 Å². The van der Waals surface area contributed by atoms with Gasteiger partial charge in [-0.05, 0) is 42.2 Å². The standard InChI is InChI=1S/C31H38O8/c1-4-6-9-27(5-2)31(34)39-29(22-36-30(33)19-16-25-10-12-26(21-32)13-11-25)23-38-37-20-7-8-24-14-17-28(35-3)18-15-24/h7-8,10-19,21,27,29H,4-6,9,20,22-23H2,1-3H3/b8-7+,19-16+. The summed E-state index contributed by atoms with van der Waals surface area (Å²) in [7, 11) is 1.61. The van der Waals surface area contributed by atoms with Crippen molar-refractivity contribution in [3.05, 3.63) is 77.4 Å². The lowest BCUT2D eigenvalue weighted by atomic mass is 10.00. The molecule has 2 aromatic carbocycles. The highest BCUT2D eigenvalue weighted by Crippen LogP contribution is 2.16. The van der Waals surface area contributed by atoms with Crippen LogP contribution in [0.5, 0.6) is 5.75 Å². The molecule has 0 aliphatic heterocycles. The molecule has 0 spiro atoms. The molecular formula is C31H38O8. The Balaban J connectivity index is 1.88. The average Bonchev–Trinajstić information content (AvgIpc) is 2.97. The van der Waals surface area contributed by atoms with Crippen molar-refractivity contribution >= 4 is 30.4 Å². The van der Waals surface area contributed by atoms with Gasteiger partial charge in [0, 0.05) is 11.6 Å². The summed E-state index contributed by atoms with van der Waals surface area (Å²) in [6.07, 6.45) is 9.72.